The lowest BCUT2D eigenvalue weighted by atomic mass is 10.1. The molecule has 0 aliphatic carbocycles. The highest BCUT2D eigenvalue weighted by Gasteiger charge is 2.30. The summed E-state index contributed by atoms with van der Waals surface area (Å²) in [6.45, 7) is 4.80. The molecule has 22 heavy (non-hydrogen) atoms. The van der Waals surface area contributed by atoms with Crippen molar-refractivity contribution in [2.24, 2.45) is 0 Å². The van der Waals surface area contributed by atoms with Crippen LogP contribution < -0.4 is 0 Å². The van der Waals surface area contributed by atoms with E-state index >= 15 is 0 Å². The number of hydrogen-bond acceptors (Lipinski definition) is 4. The lowest BCUT2D eigenvalue weighted by Gasteiger charge is -2.36. The molecule has 2 aliphatic heterocycles. The van der Waals surface area contributed by atoms with Crippen LogP contribution in [0.5, 0.6) is 0 Å². The van der Waals surface area contributed by atoms with E-state index in [2.05, 4.69) is 45.1 Å². The second-order valence-corrected chi connectivity index (χ2v) is 7.80. The van der Waals surface area contributed by atoms with E-state index in [1.54, 1.807) is 0 Å². The second-order valence-electron chi connectivity index (χ2n) is 5.66. The highest BCUT2D eigenvalue weighted by atomic mass is 79.9. The van der Waals surface area contributed by atoms with Crippen LogP contribution in [0.1, 0.15) is 5.56 Å². The minimum Gasteiger partial charge on any atom is -0.366 e. The zero-order valence-electron chi connectivity index (χ0n) is 12.5. The molecule has 2 heterocycles. The predicted octanol–water partition coefficient (Wildman–Crippen LogP) is 2.23. The van der Waals surface area contributed by atoms with Gasteiger partial charge in [-0.3, -0.25) is 9.69 Å². The third-order valence-electron chi connectivity index (χ3n) is 4.07. The van der Waals surface area contributed by atoms with Gasteiger partial charge in [-0.05, 0) is 17.7 Å². The van der Waals surface area contributed by atoms with Crippen molar-refractivity contribution in [3.63, 3.8) is 0 Å². The molecule has 2 saturated heterocycles. The van der Waals surface area contributed by atoms with Crippen molar-refractivity contribution in [1.82, 2.24) is 9.80 Å². The molecule has 2 aliphatic rings. The van der Waals surface area contributed by atoms with Gasteiger partial charge in [0.05, 0.1) is 6.61 Å². The van der Waals surface area contributed by atoms with Crippen LogP contribution in [-0.2, 0) is 16.1 Å². The van der Waals surface area contributed by atoms with Crippen molar-refractivity contribution in [3.8, 4) is 0 Å². The van der Waals surface area contributed by atoms with Gasteiger partial charge in [-0.1, -0.05) is 28.1 Å². The fourth-order valence-corrected chi connectivity index (χ4v) is 4.00. The summed E-state index contributed by atoms with van der Waals surface area (Å²) in [7, 11) is 0. The molecule has 1 amide bonds. The van der Waals surface area contributed by atoms with Gasteiger partial charge in [0.2, 0.25) is 0 Å². The second kappa shape index (κ2) is 7.81. The van der Waals surface area contributed by atoms with Gasteiger partial charge in [-0.2, -0.15) is 11.8 Å². The summed E-state index contributed by atoms with van der Waals surface area (Å²) < 4.78 is 6.82. The van der Waals surface area contributed by atoms with Crippen molar-refractivity contribution in [1.29, 1.82) is 0 Å². The molecule has 0 spiro atoms. The van der Waals surface area contributed by atoms with Gasteiger partial charge in [0.1, 0.15) is 6.10 Å². The van der Waals surface area contributed by atoms with Crippen molar-refractivity contribution in [2.75, 3.05) is 44.3 Å². The molecule has 1 aromatic rings. The molecule has 0 N–H and O–H groups in total. The molecule has 0 saturated carbocycles. The first-order valence-electron chi connectivity index (χ1n) is 7.67. The van der Waals surface area contributed by atoms with Crippen LogP contribution in [0.2, 0.25) is 0 Å². The Morgan fingerprint density at radius 1 is 1.23 bits per heavy atom. The molecule has 0 radical (unpaired) electrons. The molecule has 6 heteroatoms. The van der Waals surface area contributed by atoms with E-state index in [9.17, 15) is 4.79 Å². The summed E-state index contributed by atoms with van der Waals surface area (Å²) in [5.41, 5.74) is 1.27. The van der Waals surface area contributed by atoms with Gasteiger partial charge >= 0.3 is 0 Å². The maximum absolute atomic E-state index is 12.6. The van der Waals surface area contributed by atoms with Crippen molar-refractivity contribution in [2.45, 2.75) is 12.6 Å². The highest BCUT2D eigenvalue weighted by Crippen LogP contribution is 2.17. The molecular weight excluding hydrogens is 364 g/mol. The van der Waals surface area contributed by atoms with Gasteiger partial charge in [-0.15, -0.1) is 0 Å². The van der Waals surface area contributed by atoms with Crippen molar-refractivity contribution < 1.29 is 9.53 Å². The maximum Gasteiger partial charge on any atom is 0.253 e. The average molecular weight is 385 g/mol. The molecule has 2 fully saturated rings. The van der Waals surface area contributed by atoms with Gasteiger partial charge in [-0.25, -0.2) is 0 Å². The molecule has 1 aromatic carbocycles. The zero-order chi connectivity index (χ0) is 15.4. The van der Waals surface area contributed by atoms with Crippen LogP contribution in [0, 0.1) is 0 Å². The first kappa shape index (κ1) is 16.3. The Balaban J connectivity index is 1.56. The Hall–Kier alpha value is -0.560. The summed E-state index contributed by atoms with van der Waals surface area (Å²) >= 11 is 5.38. The third kappa shape index (κ3) is 4.25. The summed E-state index contributed by atoms with van der Waals surface area (Å²) in [6, 6.07) is 8.37. The number of amides is 1. The molecule has 0 aromatic heterocycles. The van der Waals surface area contributed by atoms with Gasteiger partial charge in [0.15, 0.2) is 0 Å². The Kier molecular flexibility index (Phi) is 5.79. The number of thioether (sulfide) groups is 1. The first-order chi connectivity index (χ1) is 10.7. The Morgan fingerprint density at radius 3 is 2.68 bits per heavy atom. The highest BCUT2D eigenvalue weighted by molar-refractivity contribution is 9.10. The number of ether oxygens (including phenoxy) is 1. The topological polar surface area (TPSA) is 32.8 Å². The average Bonchev–Trinajstić information content (AvgIpc) is 2.57. The SMILES string of the molecule is O=C(C1CN(Cc2ccc(Br)cc2)CCO1)N1CCSCC1. The summed E-state index contributed by atoms with van der Waals surface area (Å²) in [4.78, 5) is 16.8. The van der Waals surface area contributed by atoms with E-state index in [0.717, 1.165) is 42.2 Å². The zero-order valence-corrected chi connectivity index (χ0v) is 14.9. The van der Waals surface area contributed by atoms with E-state index in [0.29, 0.717) is 13.2 Å². The maximum atomic E-state index is 12.6. The number of rotatable bonds is 3. The molecule has 1 unspecified atom stereocenters. The summed E-state index contributed by atoms with van der Waals surface area (Å²) in [6.07, 6.45) is -0.299. The first-order valence-corrected chi connectivity index (χ1v) is 9.62. The predicted molar refractivity (Wildman–Crippen MR) is 93.1 cm³/mol. The number of carbonyl (C=O) groups is 1. The van der Waals surface area contributed by atoms with Gasteiger partial charge in [0.25, 0.3) is 5.91 Å². The van der Waals surface area contributed by atoms with E-state index in [-0.39, 0.29) is 12.0 Å². The number of benzene rings is 1. The summed E-state index contributed by atoms with van der Waals surface area (Å²) in [5.74, 6) is 2.25. The summed E-state index contributed by atoms with van der Waals surface area (Å²) in [5, 5.41) is 0. The van der Waals surface area contributed by atoms with Gasteiger partial charge in [0, 0.05) is 48.7 Å². The third-order valence-corrected chi connectivity index (χ3v) is 5.54. The van der Waals surface area contributed by atoms with Crippen LogP contribution in [-0.4, -0.2) is 66.1 Å². The largest absolute Gasteiger partial charge is 0.366 e. The van der Waals surface area contributed by atoms with Crippen molar-refractivity contribution in [3.05, 3.63) is 34.3 Å². The smallest absolute Gasteiger partial charge is 0.253 e. The van der Waals surface area contributed by atoms with Crippen LogP contribution in [0.15, 0.2) is 28.7 Å². The number of carbonyl (C=O) groups excluding carboxylic acids is 1. The quantitative estimate of drug-likeness (QED) is 0.799. The molecule has 3 rings (SSSR count). The molecule has 0 bridgehead atoms. The van der Waals surface area contributed by atoms with Crippen molar-refractivity contribution >= 4 is 33.6 Å². The number of morpholine rings is 1. The molecule has 120 valence electrons. The lowest BCUT2D eigenvalue weighted by molar-refractivity contribution is -0.149. The van der Waals surface area contributed by atoms with Crippen LogP contribution in [0.25, 0.3) is 0 Å². The normalized spacial score (nSPS) is 23.5. The Labute approximate surface area is 144 Å². The van der Waals surface area contributed by atoms with Crippen LogP contribution >= 0.6 is 27.7 Å². The lowest BCUT2D eigenvalue weighted by Crippen LogP contribution is -2.52. The standard InChI is InChI=1S/C16H21BrN2O2S/c17-14-3-1-13(2-4-14)11-18-5-8-21-15(12-18)16(20)19-6-9-22-10-7-19/h1-4,15H,5-12H2. The monoisotopic (exact) mass is 384 g/mol. The fourth-order valence-electron chi connectivity index (χ4n) is 2.83. The number of halogens is 1. The minimum atomic E-state index is -0.299. The van der Waals surface area contributed by atoms with Crippen LogP contribution in [0.3, 0.4) is 0 Å². The number of nitrogens with zero attached hydrogens (tertiary/aromatic N) is 2. The van der Waals surface area contributed by atoms with E-state index in [1.165, 1.54) is 5.56 Å². The minimum absolute atomic E-state index is 0.167. The van der Waals surface area contributed by atoms with E-state index < -0.39 is 0 Å². The van der Waals surface area contributed by atoms with E-state index in [4.69, 9.17) is 4.74 Å². The fraction of sp³-hybridized carbons (Fsp3) is 0.562. The Bertz CT molecular complexity index is 505. The van der Waals surface area contributed by atoms with Gasteiger partial charge < -0.3 is 9.64 Å². The number of hydrogen-bond donors (Lipinski definition) is 0. The molecule has 1 atom stereocenters. The molecule has 4 nitrogen and oxygen atoms in total. The van der Waals surface area contributed by atoms with Crippen LogP contribution in [0.4, 0.5) is 0 Å². The Morgan fingerprint density at radius 2 is 1.95 bits per heavy atom. The van der Waals surface area contributed by atoms with E-state index in [1.807, 2.05) is 16.7 Å². The molecular formula is C16H21BrN2O2S.